The summed E-state index contributed by atoms with van der Waals surface area (Å²) < 4.78 is 10.8. The molecule has 20 heavy (non-hydrogen) atoms. The predicted octanol–water partition coefficient (Wildman–Crippen LogP) is 1.68. The molecule has 1 unspecified atom stereocenters. The van der Waals surface area contributed by atoms with Crippen LogP contribution in [0, 0.1) is 0 Å². The van der Waals surface area contributed by atoms with Crippen LogP contribution in [0.2, 0.25) is 0 Å². The van der Waals surface area contributed by atoms with Crippen molar-refractivity contribution >= 4 is 5.82 Å². The maximum Gasteiger partial charge on any atom is 0.150 e. The van der Waals surface area contributed by atoms with E-state index in [0.717, 1.165) is 30.6 Å². The first kappa shape index (κ1) is 13.1. The smallest absolute Gasteiger partial charge is 0.150 e. The number of likely N-dealkylation sites (N-methyl/N-ethyl adjacent to an activating group) is 1. The highest BCUT2D eigenvalue weighted by Crippen LogP contribution is 2.20. The first-order valence-corrected chi connectivity index (χ1v) is 6.70. The van der Waals surface area contributed by atoms with Gasteiger partial charge in [-0.3, -0.25) is 4.90 Å². The molecule has 0 aromatic carbocycles. The highest BCUT2D eigenvalue weighted by atomic mass is 16.5. The minimum atomic E-state index is 0.120. The minimum Gasteiger partial charge on any atom is -0.467 e. The van der Waals surface area contributed by atoms with E-state index in [0.29, 0.717) is 13.2 Å². The van der Waals surface area contributed by atoms with Crippen LogP contribution in [0.3, 0.4) is 0 Å². The van der Waals surface area contributed by atoms with Crippen LogP contribution in [0.25, 0.3) is 0 Å². The molecule has 0 saturated carbocycles. The van der Waals surface area contributed by atoms with Crippen LogP contribution < -0.4 is 5.32 Å². The highest BCUT2D eigenvalue weighted by Gasteiger charge is 2.23. The molecule has 1 aliphatic rings. The average molecular weight is 274 g/mol. The fourth-order valence-electron chi connectivity index (χ4n) is 2.18. The second kappa shape index (κ2) is 6.02. The van der Waals surface area contributed by atoms with Gasteiger partial charge < -0.3 is 14.5 Å². The minimum absolute atomic E-state index is 0.120. The van der Waals surface area contributed by atoms with E-state index in [9.17, 15) is 0 Å². The normalized spacial score (nSPS) is 19.9. The largest absolute Gasteiger partial charge is 0.467 e. The Labute approximate surface area is 117 Å². The van der Waals surface area contributed by atoms with Crippen molar-refractivity contribution in [2.75, 3.05) is 32.1 Å². The number of morpholine rings is 1. The molecule has 1 N–H and O–H groups in total. The number of nitrogens with zero attached hydrogens (tertiary/aromatic N) is 3. The molecule has 2 aromatic rings. The third-order valence-electron chi connectivity index (χ3n) is 3.39. The molecule has 106 valence electrons. The molecule has 1 fully saturated rings. The zero-order valence-corrected chi connectivity index (χ0v) is 11.5. The van der Waals surface area contributed by atoms with Gasteiger partial charge in [-0.15, -0.1) is 0 Å². The van der Waals surface area contributed by atoms with E-state index >= 15 is 0 Å². The van der Waals surface area contributed by atoms with Crippen LogP contribution in [0.15, 0.2) is 35.1 Å². The van der Waals surface area contributed by atoms with Gasteiger partial charge in [-0.1, -0.05) is 0 Å². The first-order chi connectivity index (χ1) is 9.83. The summed E-state index contributed by atoms with van der Waals surface area (Å²) in [5.41, 5.74) is 0. The van der Waals surface area contributed by atoms with Gasteiger partial charge in [0.15, 0.2) is 0 Å². The van der Waals surface area contributed by atoms with E-state index in [1.165, 1.54) is 0 Å². The van der Waals surface area contributed by atoms with Crippen molar-refractivity contribution < 1.29 is 9.15 Å². The van der Waals surface area contributed by atoms with Gasteiger partial charge in [-0.05, 0) is 25.2 Å². The summed E-state index contributed by atoms with van der Waals surface area (Å²) in [6, 6.07) is 5.78. The predicted molar refractivity (Wildman–Crippen MR) is 74.3 cm³/mol. The number of furan rings is 1. The molecule has 0 amide bonds. The number of anilines is 1. The Morgan fingerprint density at radius 2 is 2.40 bits per heavy atom. The lowest BCUT2D eigenvalue weighted by atomic mass is 10.2. The summed E-state index contributed by atoms with van der Waals surface area (Å²) in [5.74, 6) is 2.46. The van der Waals surface area contributed by atoms with Crippen molar-refractivity contribution in [2.45, 2.75) is 12.6 Å². The maximum absolute atomic E-state index is 5.51. The topological polar surface area (TPSA) is 63.4 Å². The quantitative estimate of drug-likeness (QED) is 0.915. The number of ether oxygens (including phenoxy) is 1. The molecule has 3 heterocycles. The Morgan fingerprint density at radius 3 is 3.20 bits per heavy atom. The Hall–Kier alpha value is -1.92. The molecule has 3 rings (SSSR count). The van der Waals surface area contributed by atoms with Gasteiger partial charge in [-0.2, -0.15) is 0 Å². The van der Waals surface area contributed by atoms with Crippen LogP contribution in [0.1, 0.15) is 17.6 Å². The van der Waals surface area contributed by atoms with Crippen molar-refractivity contribution in [2.24, 2.45) is 0 Å². The molecule has 0 spiro atoms. The Morgan fingerprint density at radius 1 is 1.45 bits per heavy atom. The van der Waals surface area contributed by atoms with Crippen LogP contribution in [-0.4, -0.2) is 41.7 Å². The van der Waals surface area contributed by atoms with Crippen molar-refractivity contribution in [3.63, 3.8) is 0 Å². The lowest BCUT2D eigenvalue weighted by Gasteiger charge is -2.31. The van der Waals surface area contributed by atoms with Gasteiger partial charge in [0.2, 0.25) is 0 Å². The van der Waals surface area contributed by atoms with Gasteiger partial charge in [0.1, 0.15) is 17.4 Å². The number of nitrogens with one attached hydrogen (secondary N) is 1. The summed E-state index contributed by atoms with van der Waals surface area (Å²) in [4.78, 5) is 11.1. The van der Waals surface area contributed by atoms with E-state index in [1.54, 1.807) is 12.5 Å². The van der Waals surface area contributed by atoms with Gasteiger partial charge in [0, 0.05) is 12.7 Å². The molecule has 6 heteroatoms. The van der Waals surface area contributed by atoms with Crippen LogP contribution >= 0.6 is 0 Å². The Kier molecular flexibility index (Phi) is 3.94. The molecule has 0 aliphatic carbocycles. The molecule has 1 atom stereocenters. The molecule has 1 aliphatic heterocycles. The SMILES string of the molecule is CN1CCOCC1c1nccc(NCc2ccco2)n1. The summed E-state index contributed by atoms with van der Waals surface area (Å²) >= 11 is 0. The summed E-state index contributed by atoms with van der Waals surface area (Å²) in [6.45, 7) is 2.92. The second-order valence-corrected chi connectivity index (χ2v) is 4.80. The van der Waals surface area contributed by atoms with Crippen LogP contribution in [0.4, 0.5) is 5.82 Å². The molecular formula is C14H18N4O2. The number of rotatable bonds is 4. The molecule has 2 aromatic heterocycles. The summed E-state index contributed by atoms with van der Waals surface area (Å²) in [7, 11) is 2.07. The highest BCUT2D eigenvalue weighted by molar-refractivity contribution is 5.33. The van der Waals surface area contributed by atoms with Crippen molar-refractivity contribution in [3.05, 3.63) is 42.2 Å². The van der Waals surface area contributed by atoms with Crippen LogP contribution in [0.5, 0.6) is 0 Å². The lowest BCUT2D eigenvalue weighted by Crippen LogP contribution is -2.37. The third kappa shape index (κ3) is 2.97. The average Bonchev–Trinajstić information content (AvgIpc) is 2.99. The van der Waals surface area contributed by atoms with Crippen molar-refractivity contribution in [1.82, 2.24) is 14.9 Å². The molecule has 1 saturated heterocycles. The van der Waals surface area contributed by atoms with E-state index < -0.39 is 0 Å². The van der Waals surface area contributed by atoms with Gasteiger partial charge in [0.25, 0.3) is 0 Å². The fraction of sp³-hybridized carbons (Fsp3) is 0.429. The van der Waals surface area contributed by atoms with Crippen molar-refractivity contribution in [3.8, 4) is 0 Å². The van der Waals surface area contributed by atoms with Crippen LogP contribution in [-0.2, 0) is 11.3 Å². The fourth-order valence-corrected chi connectivity index (χ4v) is 2.18. The molecule has 0 bridgehead atoms. The van der Waals surface area contributed by atoms with Crippen molar-refractivity contribution in [1.29, 1.82) is 0 Å². The van der Waals surface area contributed by atoms with E-state index in [2.05, 4.69) is 27.2 Å². The summed E-state index contributed by atoms with van der Waals surface area (Å²) in [5, 5.41) is 3.24. The van der Waals surface area contributed by atoms with E-state index in [1.807, 2.05) is 18.2 Å². The molecule has 6 nitrogen and oxygen atoms in total. The summed E-state index contributed by atoms with van der Waals surface area (Å²) in [6.07, 6.45) is 3.44. The number of hydrogen-bond acceptors (Lipinski definition) is 6. The number of hydrogen-bond donors (Lipinski definition) is 1. The molecule has 0 radical (unpaired) electrons. The van der Waals surface area contributed by atoms with Gasteiger partial charge in [-0.25, -0.2) is 9.97 Å². The first-order valence-electron chi connectivity index (χ1n) is 6.70. The standard InChI is InChI=1S/C14H18N4O2/c1-18-6-8-19-10-12(18)14-15-5-4-13(17-14)16-9-11-3-2-7-20-11/h2-5,7,12H,6,8-10H2,1H3,(H,15,16,17). The van der Waals surface area contributed by atoms with E-state index in [-0.39, 0.29) is 6.04 Å². The number of aromatic nitrogens is 2. The van der Waals surface area contributed by atoms with Gasteiger partial charge in [0.05, 0.1) is 32.1 Å². The monoisotopic (exact) mass is 274 g/mol. The lowest BCUT2D eigenvalue weighted by molar-refractivity contribution is 0.00187. The Bertz CT molecular complexity index is 544. The Balaban J connectivity index is 1.69. The third-order valence-corrected chi connectivity index (χ3v) is 3.39. The maximum atomic E-state index is 5.51. The zero-order valence-electron chi connectivity index (χ0n) is 11.5. The molecular weight excluding hydrogens is 256 g/mol. The van der Waals surface area contributed by atoms with E-state index in [4.69, 9.17) is 9.15 Å². The zero-order chi connectivity index (χ0) is 13.8. The second-order valence-electron chi connectivity index (χ2n) is 4.80. The van der Waals surface area contributed by atoms with Gasteiger partial charge >= 0.3 is 0 Å².